The highest BCUT2D eigenvalue weighted by molar-refractivity contribution is 5.89. The van der Waals surface area contributed by atoms with Gasteiger partial charge in [0.15, 0.2) is 0 Å². The minimum atomic E-state index is -0.769. The number of hydrogen-bond acceptors (Lipinski definition) is 6. The lowest BCUT2D eigenvalue weighted by Gasteiger charge is -2.47. The Balaban J connectivity index is 1.56. The summed E-state index contributed by atoms with van der Waals surface area (Å²) in [4.78, 5) is 47.3. The van der Waals surface area contributed by atoms with E-state index >= 15 is 4.39 Å². The van der Waals surface area contributed by atoms with Crippen molar-refractivity contribution in [3.63, 3.8) is 0 Å². The van der Waals surface area contributed by atoms with Crippen LogP contribution in [0.4, 0.5) is 4.39 Å². The average molecular weight is 592 g/mol. The van der Waals surface area contributed by atoms with E-state index in [1.165, 1.54) is 6.07 Å². The van der Waals surface area contributed by atoms with Crippen molar-refractivity contribution in [3.8, 4) is 11.3 Å². The fraction of sp³-hybridized carbons (Fsp3) is 0.455. The predicted octanol–water partition coefficient (Wildman–Crippen LogP) is 3.85. The highest BCUT2D eigenvalue weighted by Crippen LogP contribution is 2.31. The van der Waals surface area contributed by atoms with E-state index in [9.17, 15) is 14.4 Å². The summed E-state index contributed by atoms with van der Waals surface area (Å²) in [7, 11) is 3.33. The first-order chi connectivity index (χ1) is 20.5. The van der Waals surface area contributed by atoms with Crippen molar-refractivity contribution < 1.29 is 18.7 Å². The number of aryl methyl sites for hydroxylation is 1. The maximum atomic E-state index is 15.3. The molecule has 1 saturated heterocycles. The van der Waals surface area contributed by atoms with Gasteiger partial charge in [0.25, 0.3) is 5.56 Å². The van der Waals surface area contributed by atoms with Crippen molar-refractivity contribution in [3.05, 3.63) is 87.7 Å². The van der Waals surface area contributed by atoms with Crippen molar-refractivity contribution in [2.24, 2.45) is 13.0 Å². The van der Waals surface area contributed by atoms with Crippen LogP contribution in [0.5, 0.6) is 0 Å². The average Bonchev–Trinajstić information content (AvgIpc) is 2.99. The fourth-order valence-electron chi connectivity index (χ4n) is 5.72. The monoisotopic (exact) mass is 591 g/mol. The third kappa shape index (κ3) is 7.19. The third-order valence-corrected chi connectivity index (χ3v) is 8.13. The van der Waals surface area contributed by atoms with Gasteiger partial charge in [-0.2, -0.15) is 0 Å². The number of rotatable bonds is 10. The first-order valence-corrected chi connectivity index (χ1v) is 14.7. The summed E-state index contributed by atoms with van der Waals surface area (Å²) in [5.74, 6) is -1.02. The summed E-state index contributed by atoms with van der Waals surface area (Å²) in [6, 6.07) is 12.9. The van der Waals surface area contributed by atoms with E-state index in [-0.39, 0.29) is 48.2 Å². The zero-order valence-corrected chi connectivity index (χ0v) is 25.8. The lowest BCUT2D eigenvalue weighted by atomic mass is 9.97. The van der Waals surface area contributed by atoms with E-state index in [1.54, 1.807) is 48.9 Å². The number of piperazine rings is 1. The first-order valence-electron chi connectivity index (χ1n) is 14.7. The van der Waals surface area contributed by atoms with E-state index in [0.717, 1.165) is 16.8 Å². The molecule has 0 bridgehead atoms. The Morgan fingerprint density at radius 1 is 1.12 bits per heavy atom. The number of carbonyl (C=O) groups is 2. The van der Waals surface area contributed by atoms with E-state index < -0.39 is 12.1 Å². The topological polar surface area (TPSA) is 96.8 Å². The molecule has 0 unspecified atom stereocenters. The van der Waals surface area contributed by atoms with Crippen LogP contribution in [0, 0.1) is 18.7 Å². The van der Waals surface area contributed by atoms with E-state index in [4.69, 9.17) is 4.74 Å². The number of aromatic nitrogens is 2. The Morgan fingerprint density at radius 3 is 2.51 bits per heavy atom. The quantitative estimate of drug-likeness (QED) is 0.385. The van der Waals surface area contributed by atoms with Gasteiger partial charge < -0.3 is 19.5 Å². The molecule has 9 nitrogen and oxygen atoms in total. The van der Waals surface area contributed by atoms with E-state index in [2.05, 4.69) is 15.2 Å². The largest absolute Gasteiger partial charge is 0.385 e. The first kappa shape index (κ1) is 32.0. The number of methoxy groups -OCH3 is 1. The van der Waals surface area contributed by atoms with Crippen LogP contribution in [0.3, 0.4) is 0 Å². The number of pyridine rings is 2. The maximum absolute atomic E-state index is 15.3. The fourth-order valence-corrected chi connectivity index (χ4v) is 5.72. The number of halogens is 1. The van der Waals surface area contributed by atoms with Crippen LogP contribution in [-0.2, 0) is 27.9 Å². The Bertz CT molecular complexity index is 1490. The molecule has 0 saturated carbocycles. The Morgan fingerprint density at radius 2 is 1.84 bits per heavy atom. The molecule has 4 rings (SSSR count). The van der Waals surface area contributed by atoms with Crippen LogP contribution in [0.15, 0.2) is 59.5 Å². The van der Waals surface area contributed by atoms with Crippen LogP contribution in [-0.4, -0.2) is 70.1 Å². The summed E-state index contributed by atoms with van der Waals surface area (Å²) in [6.45, 7) is 8.65. The molecule has 1 N–H and O–H groups in total. The van der Waals surface area contributed by atoms with E-state index in [1.807, 2.05) is 51.1 Å². The second-order valence-corrected chi connectivity index (χ2v) is 11.6. The Hall–Kier alpha value is -3.89. The molecule has 43 heavy (non-hydrogen) atoms. The molecule has 0 radical (unpaired) electrons. The molecule has 2 amide bonds. The Kier molecular flexibility index (Phi) is 10.5. The number of carbonyl (C=O) groups excluding carboxylic acids is 2. The van der Waals surface area contributed by atoms with Gasteiger partial charge in [-0.3, -0.25) is 24.3 Å². The van der Waals surface area contributed by atoms with Gasteiger partial charge in [-0.15, -0.1) is 0 Å². The number of nitrogens with zero attached hydrogens (tertiary/aromatic N) is 4. The van der Waals surface area contributed by atoms with Crippen molar-refractivity contribution >= 4 is 11.8 Å². The van der Waals surface area contributed by atoms with Gasteiger partial charge >= 0.3 is 0 Å². The number of benzene rings is 1. The van der Waals surface area contributed by atoms with Crippen molar-refractivity contribution in [2.75, 3.05) is 26.8 Å². The van der Waals surface area contributed by atoms with Crippen LogP contribution in [0.1, 0.15) is 50.1 Å². The van der Waals surface area contributed by atoms with E-state index in [0.29, 0.717) is 30.8 Å². The SMILES string of the molecule is COCC[C@H](c1nccc(C)c1F)N1C[C@@H](C)N(C(=O)C(C)C)[C@@H](C(=O)NCc2ccc(-c3cccc(=O)n3C)cc2)C1. The number of amides is 2. The van der Waals surface area contributed by atoms with Crippen molar-refractivity contribution in [2.45, 2.75) is 58.8 Å². The summed E-state index contributed by atoms with van der Waals surface area (Å²) in [5.41, 5.74) is 3.30. The van der Waals surface area contributed by atoms with Gasteiger partial charge in [-0.25, -0.2) is 4.39 Å². The van der Waals surface area contributed by atoms with Crippen LogP contribution in [0.25, 0.3) is 11.3 Å². The molecule has 1 aromatic carbocycles. The van der Waals surface area contributed by atoms with Crippen LogP contribution < -0.4 is 10.9 Å². The van der Waals surface area contributed by atoms with Gasteiger partial charge in [0.1, 0.15) is 11.9 Å². The zero-order valence-electron chi connectivity index (χ0n) is 25.8. The molecule has 3 atom stereocenters. The smallest absolute Gasteiger partial charge is 0.250 e. The van der Waals surface area contributed by atoms with Crippen molar-refractivity contribution in [1.82, 2.24) is 24.7 Å². The van der Waals surface area contributed by atoms with Gasteiger partial charge in [0.05, 0.1) is 17.4 Å². The molecular formula is C33H42FN5O4. The molecule has 230 valence electrons. The molecule has 0 spiro atoms. The third-order valence-electron chi connectivity index (χ3n) is 8.13. The lowest BCUT2D eigenvalue weighted by Crippen LogP contribution is -2.65. The van der Waals surface area contributed by atoms with Crippen LogP contribution in [0.2, 0.25) is 0 Å². The lowest BCUT2D eigenvalue weighted by molar-refractivity contribution is -0.151. The van der Waals surface area contributed by atoms with Crippen molar-refractivity contribution in [1.29, 1.82) is 0 Å². The van der Waals surface area contributed by atoms with Gasteiger partial charge in [0.2, 0.25) is 11.8 Å². The molecular weight excluding hydrogens is 549 g/mol. The Labute approximate surface area is 252 Å². The molecule has 10 heteroatoms. The number of hydrogen-bond donors (Lipinski definition) is 1. The summed E-state index contributed by atoms with van der Waals surface area (Å²) >= 11 is 0. The van der Waals surface area contributed by atoms with Gasteiger partial charge in [-0.1, -0.05) is 44.2 Å². The molecule has 1 aliphatic heterocycles. The second kappa shape index (κ2) is 14.1. The normalized spacial score (nSPS) is 18.1. The summed E-state index contributed by atoms with van der Waals surface area (Å²) < 4.78 is 22.2. The predicted molar refractivity (Wildman–Crippen MR) is 164 cm³/mol. The molecule has 1 aliphatic rings. The molecule has 2 aromatic heterocycles. The molecule has 3 aromatic rings. The molecule has 3 heterocycles. The molecule has 1 fully saturated rings. The molecule has 0 aliphatic carbocycles. The number of ether oxygens (including phenoxy) is 1. The highest BCUT2D eigenvalue weighted by Gasteiger charge is 2.42. The van der Waals surface area contributed by atoms with Gasteiger partial charge in [0, 0.05) is 64.6 Å². The van der Waals surface area contributed by atoms with Gasteiger partial charge in [-0.05, 0) is 49.1 Å². The minimum Gasteiger partial charge on any atom is -0.385 e. The zero-order chi connectivity index (χ0) is 31.3. The maximum Gasteiger partial charge on any atom is 0.250 e. The number of nitrogens with one attached hydrogen (secondary N) is 1. The highest BCUT2D eigenvalue weighted by atomic mass is 19.1. The minimum absolute atomic E-state index is 0.0875. The summed E-state index contributed by atoms with van der Waals surface area (Å²) in [6.07, 6.45) is 2.09. The standard InChI is InChI=1S/C33H42FN5O4/c1-21(2)33(42)39-23(4)19-38(27(15-17-43-6)31-30(34)22(3)14-16-35-31)20-28(39)32(41)36-18-24-10-12-25(13-11-24)26-8-7-9-29(40)37(26)5/h7-14,16,21,23,27-28H,15,17-20H2,1-6H3,(H,36,41)/t23-,27-,28-/m1/s1. The van der Waals surface area contributed by atoms with Crippen LogP contribution >= 0.6 is 0 Å². The summed E-state index contributed by atoms with van der Waals surface area (Å²) in [5, 5.41) is 3.03. The second-order valence-electron chi connectivity index (χ2n) is 11.6.